The molecule has 0 aliphatic carbocycles. The maximum absolute atomic E-state index is 10.0. The molecule has 3 heterocycles. The van der Waals surface area contributed by atoms with Crippen LogP contribution >= 0.6 is 0 Å². The van der Waals surface area contributed by atoms with Gasteiger partial charge >= 0.3 is 0 Å². The molecule has 114 valence electrons. The molecule has 0 saturated carbocycles. The summed E-state index contributed by atoms with van der Waals surface area (Å²) in [6.45, 7) is 5.95. The van der Waals surface area contributed by atoms with Crippen LogP contribution in [-0.2, 0) is 25.4 Å². The fourth-order valence-electron chi connectivity index (χ4n) is 2.93. The number of fused-ring (bicyclic) bond motifs is 3. The predicted molar refractivity (Wildman–Crippen MR) is 85.1 cm³/mol. The molecule has 1 aromatic heterocycles. The summed E-state index contributed by atoms with van der Waals surface area (Å²) < 4.78 is 2.20. The first kappa shape index (κ1) is 13.5. The Bertz CT molecular complexity index is 739. The maximum Gasteiger partial charge on any atom is 0.177 e. The molecule has 6 nitrogen and oxygen atoms in total. The van der Waals surface area contributed by atoms with Crippen LogP contribution < -0.4 is 10.2 Å². The van der Waals surface area contributed by atoms with E-state index in [0.29, 0.717) is 0 Å². The predicted octanol–water partition coefficient (Wildman–Crippen LogP) is 1.85. The first-order chi connectivity index (χ1) is 10.5. The number of nitrogens with zero attached hydrogens (tertiary/aromatic N) is 4. The van der Waals surface area contributed by atoms with Gasteiger partial charge in [-0.1, -0.05) is 12.1 Å². The lowest BCUT2D eigenvalue weighted by Gasteiger charge is -2.24. The van der Waals surface area contributed by atoms with Crippen molar-refractivity contribution in [2.24, 2.45) is 4.99 Å². The number of aliphatic imine (C=N–C) groups is 1. The van der Waals surface area contributed by atoms with Gasteiger partial charge in [-0.05, 0) is 31.5 Å². The molecule has 2 aromatic rings. The van der Waals surface area contributed by atoms with E-state index in [-0.39, 0.29) is 0 Å². The molecule has 4 rings (SSSR count). The number of benzene rings is 1. The highest BCUT2D eigenvalue weighted by atomic mass is 16.3. The SMILES string of the molecule is CC(C)(O)c1ccc(N2C=Nc3nc4n(c3C2)CNC4)cc1. The molecule has 0 atom stereocenters. The molecule has 1 aromatic carbocycles. The minimum Gasteiger partial charge on any atom is -0.386 e. The Morgan fingerprint density at radius 1 is 1.23 bits per heavy atom. The second kappa shape index (κ2) is 4.66. The van der Waals surface area contributed by atoms with Gasteiger partial charge in [0.1, 0.15) is 5.82 Å². The van der Waals surface area contributed by atoms with E-state index in [1.165, 1.54) is 0 Å². The van der Waals surface area contributed by atoms with Gasteiger partial charge in [0.2, 0.25) is 0 Å². The largest absolute Gasteiger partial charge is 0.386 e. The van der Waals surface area contributed by atoms with Crippen LogP contribution in [-0.4, -0.2) is 21.0 Å². The number of imidazole rings is 1. The highest BCUT2D eigenvalue weighted by molar-refractivity contribution is 5.83. The van der Waals surface area contributed by atoms with Crippen LogP contribution in [0.1, 0.15) is 30.9 Å². The van der Waals surface area contributed by atoms with Crippen molar-refractivity contribution in [3.05, 3.63) is 41.3 Å². The number of aromatic nitrogens is 2. The quantitative estimate of drug-likeness (QED) is 0.888. The zero-order valence-electron chi connectivity index (χ0n) is 12.7. The fourth-order valence-corrected chi connectivity index (χ4v) is 2.93. The molecule has 2 aliphatic rings. The molecular weight excluding hydrogens is 278 g/mol. The van der Waals surface area contributed by atoms with Gasteiger partial charge in [-0.25, -0.2) is 9.98 Å². The third-order valence-corrected chi connectivity index (χ3v) is 4.23. The van der Waals surface area contributed by atoms with Crippen LogP contribution in [0.5, 0.6) is 0 Å². The van der Waals surface area contributed by atoms with E-state index in [0.717, 1.165) is 48.3 Å². The number of aliphatic hydroxyl groups is 1. The zero-order valence-corrected chi connectivity index (χ0v) is 12.7. The van der Waals surface area contributed by atoms with Gasteiger partial charge < -0.3 is 14.6 Å². The van der Waals surface area contributed by atoms with E-state index in [9.17, 15) is 5.11 Å². The normalized spacial score (nSPS) is 16.8. The molecule has 2 aliphatic heterocycles. The fraction of sp³-hybridized carbons (Fsp3) is 0.375. The topological polar surface area (TPSA) is 65.7 Å². The van der Waals surface area contributed by atoms with Gasteiger partial charge in [0, 0.05) is 5.69 Å². The summed E-state index contributed by atoms with van der Waals surface area (Å²) in [5.74, 6) is 1.89. The van der Waals surface area contributed by atoms with Crippen molar-refractivity contribution >= 4 is 17.8 Å². The molecule has 0 amide bonds. The Morgan fingerprint density at radius 3 is 2.73 bits per heavy atom. The Balaban J connectivity index is 1.62. The van der Waals surface area contributed by atoms with Gasteiger partial charge in [-0.3, -0.25) is 5.32 Å². The van der Waals surface area contributed by atoms with Gasteiger partial charge in [-0.15, -0.1) is 0 Å². The summed E-state index contributed by atoms with van der Waals surface area (Å²) in [5, 5.41) is 13.3. The Hall–Kier alpha value is -2.18. The van der Waals surface area contributed by atoms with E-state index in [2.05, 4.69) is 24.8 Å². The summed E-state index contributed by atoms with van der Waals surface area (Å²) in [6.07, 6.45) is 1.83. The molecule has 0 unspecified atom stereocenters. The number of hydrogen-bond acceptors (Lipinski definition) is 5. The smallest absolute Gasteiger partial charge is 0.177 e. The van der Waals surface area contributed by atoms with Crippen LogP contribution in [0.2, 0.25) is 0 Å². The van der Waals surface area contributed by atoms with Crippen molar-refractivity contribution in [1.82, 2.24) is 14.9 Å². The number of anilines is 1. The van der Waals surface area contributed by atoms with Crippen molar-refractivity contribution in [2.45, 2.75) is 39.2 Å². The Morgan fingerprint density at radius 2 is 2.00 bits per heavy atom. The summed E-state index contributed by atoms with van der Waals surface area (Å²) in [5.41, 5.74) is 2.29. The highest BCUT2D eigenvalue weighted by Crippen LogP contribution is 2.30. The molecule has 0 spiro atoms. The average Bonchev–Trinajstić information content (AvgIpc) is 3.06. The molecule has 22 heavy (non-hydrogen) atoms. The van der Waals surface area contributed by atoms with Crippen molar-refractivity contribution in [1.29, 1.82) is 0 Å². The van der Waals surface area contributed by atoms with Gasteiger partial charge in [0.15, 0.2) is 5.82 Å². The van der Waals surface area contributed by atoms with Gasteiger partial charge in [-0.2, -0.15) is 0 Å². The lowest BCUT2D eigenvalue weighted by molar-refractivity contribution is 0.0786. The summed E-state index contributed by atoms with van der Waals surface area (Å²) in [4.78, 5) is 11.1. The van der Waals surface area contributed by atoms with Crippen LogP contribution in [0.25, 0.3) is 0 Å². The van der Waals surface area contributed by atoms with Crippen molar-refractivity contribution in [3.63, 3.8) is 0 Å². The standard InChI is InChI=1S/C16H19N5O/c1-16(2,22)11-3-5-12(6-4-11)20-8-13-15(18-10-20)19-14-7-17-9-21(13)14/h3-6,10,17,22H,7-9H2,1-2H3. The Labute approximate surface area is 129 Å². The highest BCUT2D eigenvalue weighted by Gasteiger charge is 2.25. The molecule has 0 fully saturated rings. The molecule has 0 radical (unpaired) electrons. The molecule has 0 bridgehead atoms. The summed E-state index contributed by atoms with van der Waals surface area (Å²) >= 11 is 0. The van der Waals surface area contributed by atoms with Crippen molar-refractivity contribution in [3.8, 4) is 0 Å². The monoisotopic (exact) mass is 297 g/mol. The van der Waals surface area contributed by atoms with Gasteiger partial charge in [0.25, 0.3) is 0 Å². The minimum absolute atomic E-state index is 0.759. The third-order valence-electron chi connectivity index (χ3n) is 4.23. The van der Waals surface area contributed by atoms with E-state index in [1.54, 1.807) is 13.8 Å². The Kier molecular flexibility index (Phi) is 2.85. The number of nitrogens with one attached hydrogen (secondary N) is 1. The third kappa shape index (κ3) is 2.12. The molecular formula is C16H19N5O. The maximum atomic E-state index is 10.0. The van der Waals surface area contributed by atoms with Crippen LogP contribution in [0.4, 0.5) is 11.5 Å². The summed E-state index contributed by atoms with van der Waals surface area (Å²) in [7, 11) is 0. The zero-order chi connectivity index (χ0) is 15.3. The lowest BCUT2D eigenvalue weighted by Crippen LogP contribution is -2.25. The molecule has 2 N–H and O–H groups in total. The number of hydrogen-bond donors (Lipinski definition) is 2. The first-order valence-electron chi connectivity index (χ1n) is 7.45. The van der Waals surface area contributed by atoms with Crippen molar-refractivity contribution in [2.75, 3.05) is 4.90 Å². The van der Waals surface area contributed by atoms with E-state index in [4.69, 9.17) is 0 Å². The van der Waals surface area contributed by atoms with E-state index >= 15 is 0 Å². The van der Waals surface area contributed by atoms with Crippen LogP contribution in [0.15, 0.2) is 29.3 Å². The second-order valence-electron chi connectivity index (χ2n) is 6.29. The van der Waals surface area contributed by atoms with E-state index in [1.807, 2.05) is 30.6 Å². The van der Waals surface area contributed by atoms with Gasteiger partial charge in [0.05, 0.1) is 37.4 Å². The van der Waals surface area contributed by atoms with E-state index < -0.39 is 5.60 Å². The van der Waals surface area contributed by atoms with Crippen LogP contribution in [0.3, 0.4) is 0 Å². The summed E-state index contributed by atoms with van der Waals surface area (Å²) in [6, 6.07) is 7.95. The molecule has 6 heteroatoms. The number of rotatable bonds is 2. The lowest BCUT2D eigenvalue weighted by atomic mass is 9.98. The first-order valence-corrected chi connectivity index (χ1v) is 7.45. The molecule has 0 saturated heterocycles. The van der Waals surface area contributed by atoms with Crippen LogP contribution in [0, 0.1) is 0 Å². The average molecular weight is 297 g/mol. The second-order valence-corrected chi connectivity index (χ2v) is 6.29. The minimum atomic E-state index is -0.820. The van der Waals surface area contributed by atoms with Crippen molar-refractivity contribution < 1.29 is 5.11 Å².